The molecule has 14 heteroatoms. The summed E-state index contributed by atoms with van der Waals surface area (Å²) >= 11 is 12.5. The quantitative estimate of drug-likeness (QED) is 0.136. The Morgan fingerprint density at radius 2 is 1.80 bits per heavy atom. The third-order valence-electron chi connectivity index (χ3n) is 5.42. The fraction of sp³-hybridized carbons (Fsp3) is 0.346. The van der Waals surface area contributed by atoms with Crippen molar-refractivity contribution in [2.45, 2.75) is 39.3 Å². The maximum Gasteiger partial charge on any atom is 0.407 e. The second-order valence-electron chi connectivity index (χ2n) is 9.77. The van der Waals surface area contributed by atoms with E-state index < -0.39 is 16.6 Å². The van der Waals surface area contributed by atoms with Gasteiger partial charge in [0.1, 0.15) is 11.4 Å². The topological polar surface area (TPSA) is 166 Å². The fourth-order valence-electron chi connectivity index (χ4n) is 3.69. The summed E-state index contributed by atoms with van der Waals surface area (Å²) in [5.41, 5.74) is 6.44. The van der Waals surface area contributed by atoms with E-state index in [1.165, 1.54) is 12.1 Å². The Morgan fingerprint density at radius 3 is 2.45 bits per heavy atom. The van der Waals surface area contributed by atoms with E-state index in [9.17, 15) is 19.7 Å². The van der Waals surface area contributed by atoms with Crippen LogP contribution in [0.15, 0.2) is 42.7 Å². The first-order valence-electron chi connectivity index (χ1n) is 12.4. The summed E-state index contributed by atoms with van der Waals surface area (Å²) in [6.07, 6.45) is 3.62. The number of nitro groups is 1. The van der Waals surface area contributed by atoms with E-state index in [2.05, 4.69) is 20.9 Å². The number of nitrogens with zero attached hydrogens (tertiary/aromatic N) is 3. The van der Waals surface area contributed by atoms with Crippen LogP contribution in [0.5, 0.6) is 0 Å². The molecule has 2 aromatic heterocycles. The highest BCUT2D eigenvalue weighted by molar-refractivity contribution is 6.36. The van der Waals surface area contributed by atoms with E-state index in [4.69, 9.17) is 33.7 Å². The molecule has 2 amide bonds. The number of nitrogen functional groups attached to an aromatic ring is 1. The molecule has 0 radical (unpaired) electrons. The molecular formula is C26H31Cl2N7O5. The zero-order valence-electron chi connectivity index (χ0n) is 22.3. The van der Waals surface area contributed by atoms with E-state index in [1.54, 1.807) is 45.2 Å². The minimum atomic E-state index is -0.621. The number of ether oxygens (including phenoxy) is 1. The fourth-order valence-corrected chi connectivity index (χ4v) is 4.20. The Kier molecular flexibility index (Phi) is 10.2. The highest BCUT2D eigenvalue weighted by Crippen LogP contribution is 2.33. The number of nitrogens with one attached hydrogen (secondary N) is 3. The minimum Gasteiger partial charge on any atom is -0.444 e. The summed E-state index contributed by atoms with van der Waals surface area (Å²) in [4.78, 5) is 39.3. The molecule has 3 rings (SSSR count). The second kappa shape index (κ2) is 13.4. The zero-order valence-corrected chi connectivity index (χ0v) is 23.8. The summed E-state index contributed by atoms with van der Waals surface area (Å²) in [7, 11) is 0. The first-order chi connectivity index (χ1) is 18.8. The van der Waals surface area contributed by atoms with Gasteiger partial charge in [-0.2, -0.15) is 0 Å². The van der Waals surface area contributed by atoms with Crippen LogP contribution in [0.2, 0.25) is 10.0 Å². The molecule has 3 aromatic rings. The summed E-state index contributed by atoms with van der Waals surface area (Å²) in [5, 5.41) is 20.3. The van der Waals surface area contributed by atoms with Gasteiger partial charge in [0.2, 0.25) is 5.82 Å². The predicted molar refractivity (Wildman–Crippen MR) is 155 cm³/mol. The molecule has 40 heavy (non-hydrogen) atoms. The van der Waals surface area contributed by atoms with Crippen LogP contribution in [0, 0.1) is 10.1 Å². The number of halogens is 2. The average molecular weight is 592 g/mol. The largest absolute Gasteiger partial charge is 0.444 e. The molecule has 0 aliphatic rings. The molecule has 0 atom stereocenters. The number of carbonyl (C=O) groups excluding carboxylic acids is 2. The van der Waals surface area contributed by atoms with Gasteiger partial charge in [-0.3, -0.25) is 14.9 Å². The number of aromatic nitrogens is 2. The lowest BCUT2D eigenvalue weighted by Gasteiger charge is -2.19. The van der Waals surface area contributed by atoms with Crippen LogP contribution >= 0.6 is 23.2 Å². The molecule has 0 bridgehead atoms. The van der Waals surface area contributed by atoms with Crippen molar-refractivity contribution in [2.24, 2.45) is 0 Å². The van der Waals surface area contributed by atoms with Crippen molar-refractivity contribution in [3.8, 4) is 11.1 Å². The van der Waals surface area contributed by atoms with E-state index in [-0.39, 0.29) is 30.5 Å². The average Bonchev–Trinajstić information content (AvgIpc) is 3.27. The smallest absolute Gasteiger partial charge is 0.407 e. The number of nitrogens with two attached hydrogens (primary N) is 1. The summed E-state index contributed by atoms with van der Waals surface area (Å²) in [6, 6.07) is 7.84. The molecule has 0 aliphatic carbocycles. The minimum absolute atomic E-state index is 0.165. The van der Waals surface area contributed by atoms with Gasteiger partial charge in [-0.25, -0.2) is 9.78 Å². The van der Waals surface area contributed by atoms with Crippen molar-refractivity contribution in [3.05, 3.63) is 68.4 Å². The first-order valence-corrected chi connectivity index (χ1v) is 13.1. The highest BCUT2D eigenvalue weighted by Gasteiger charge is 2.19. The number of rotatable bonds is 11. The van der Waals surface area contributed by atoms with Gasteiger partial charge in [-0.15, -0.1) is 0 Å². The number of pyridine rings is 1. The van der Waals surface area contributed by atoms with Gasteiger partial charge in [-0.1, -0.05) is 29.3 Å². The zero-order chi connectivity index (χ0) is 29.4. The monoisotopic (exact) mass is 591 g/mol. The van der Waals surface area contributed by atoms with Crippen molar-refractivity contribution in [1.82, 2.24) is 20.2 Å². The van der Waals surface area contributed by atoms with Crippen molar-refractivity contribution in [2.75, 3.05) is 30.7 Å². The van der Waals surface area contributed by atoms with Gasteiger partial charge >= 0.3 is 11.8 Å². The lowest BCUT2D eigenvalue weighted by molar-refractivity contribution is -0.384. The maximum atomic E-state index is 13.1. The van der Waals surface area contributed by atoms with Gasteiger partial charge < -0.3 is 31.0 Å². The Hall–Kier alpha value is -4.03. The molecule has 12 nitrogen and oxygen atoms in total. The van der Waals surface area contributed by atoms with Crippen LogP contribution < -0.4 is 21.7 Å². The summed E-state index contributed by atoms with van der Waals surface area (Å²) in [6.45, 7) is 6.71. The van der Waals surface area contributed by atoms with Crippen LogP contribution in [0.25, 0.3) is 11.1 Å². The normalized spacial score (nSPS) is 11.1. The molecule has 0 saturated heterocycles. The van der Waals surface area contributed by atoms with E-state index >= 15 is 0 Å². The number of hydrogen-bond acceptors (Lipinski definition) is 8. The number of hydrogen-bond donors (Lipinski definition) is 4. The third-order valence-corrected chi connectivity index (χ3v) is 5.97. The van der Waals surface area contributed by atoms with Crippen LogP contribution in [-0.2, 0) is 11.3 Å². The van der Waals surface area contributed by atoms with Gasteiger partial charge in [0.05, 0.1) is 10.5 Å². The van der Waals surface area contributed by atoms with E-state index in [1.807, 2.05) is 10.8 Å². The number of anilines is 2. The molecule has 0 spiro atoms. The molecule has 214 valence electrons. The molecule has 0 saturated carbocycles. The van der Waals surface area contributed by atoms with Crippen molar-refractivity contribution >= 4 is 52.5 Å². The number of amides is 2. The molecule has 0 aliphatic heterocycles. The Labute approximate surface area is 241 Å². The van der Waals surface area contributed by atoms with Crippen molar-refractivity contribution in [3.63, 3.8) is 0 Å². The van der Waals surface area contributed by atoms with E-state index in [0.717, 1.165) is 0 Å². The number of aryl methyl sites for hydroxylation is 1. The number of benzene rings is 1. The lowest BCUT2D eigenvalue weighted by Crippen LogP contribution is -2.37. The van der Waals surface area contributed by atoms with Crippen molar-refractivity contribution < 1.29 is 19.2 Å². The molecular weight excluding hydrogens is 561 g/mol. The summed E-state index contributed by atoms with van der Waals surface area (Å²) in [5.74, 6) is -0.0828. The van der Waals surface area contributed by atoms with Gasteiger partial charge in [-0.05, 0) is 45.4 Å². The van der Waals surface area contributed by atoms with Crippen LogP contribution in [0.1, 0.15) is 37.6 Å². The van der Waals surface area contributed by atoms with Crippen LogP contribution in [0.4, 0.5) is 22.1 Å². The lowest BCUT2D eigenvalue weighted by atomic mass is 10.0. The number of alkyl carbamates (subject to hydrolysis) is 1. The Bertz CT molecular complexity index is 1390. The maximum absolute atomic E-state index is 13.1. The number of carbonyl (C=O) groups is 2. The predicted octanol–water partition coefficient (Wildman–Crippen LogP) is 5.10. The van der Waals surface area contributed by atoms with Gasteiger partial charge in [0.15, 0.2) is 0 Å². The molecule has 0 unspecified atom stereocenters. The molecule has 1 aromatic carbocycles. The Morgan fingerprint density at radius 1 is 1.07 bits per heavy atom. The van der Waals surface area contributed by atoms with Gasteiger partial charge in [0.25, 0.3) is 5.91 Å². The van der Waals surface area contributed by atoms with Crippen LogP contribution in [0.3, 0.4) is 0 Å². The second-order valence-corrected chi connectivity index (χ2v) is 10.6. The SMILES string of the molecule is CC(C)(C)OC(=O)NCCNC(=O)c1cn(CCCNc2ccc([N+](=O)[O-])c(N)n2)cc1-c1ccc(Cl)cc1Cl. The molecule has 2 heterocycles. The van der Waals surface area contributed by atoms with E-state index in [0.29, 0.717) is 52.1 Å². The van der Waals surface area contributed by atoms with Gasteiger partial charge in [0, 0.05) is 65.8 Å². The summed E-state index contributed by atoms with van der Waals surface area (Å²) < 4.78 is 7.06. The molecule has 5 N–H and O–H groups in total. The standard InChI is InChI=1S/C26H31Cl2N7O5/c1-26(2,3)40-25(37)32-11-10-31-24(36)19-15-34(14-18(19)17-6-5-16(27)13-20(17)28)12-4-9-30-22-8-7-21(35(38)39)23(29)33-22/h5-8,13-15H,4,9-12H2,1-3H3,(H,31,36)(H,32,37)(H3,29,30,33). The molecule has 0 fully saturated rings. The highest BCUT2D eigenvalue weighted by atomic mass is 35.5. The van der Waals surface area contributed by atoms with Crippen molar-refractivity contribution in [1.29, 1.82) is 0 Å². The Balaban J connectivity index is 1.65. The third kappa shape index (κ3) is 8.75. The first kappa shape index (κ1) is 30.5. The van der Waals surface area contributed by atoms with Crippen LogP contribution in [-0.4, -0.2) is 51.7 Å².